The molecule has 0 atom stereocenters. The van der Waals surface area contributed by atoms with Crippen LogP contribution in [0.3, 0.4) is 0 Å². The van der Waals surface area contributed by atoms with Crippen LogP contribution in [0.5, 0.6) is 0 Å². The zero-order valence-electron chi connectivity index (χ0n) is 32.0. The van der Waals surface area contributed by atoms with Crippen LogP contribution in [-0.2, 0) is 5.41 Å². The molecule has 0 aliphatic heterocycles. The number of benzene rings is 9. The van der Waals surface area contributed by atoms with Crippen LogP contribution >= 0.6 is 0 Å². The van der Waals surface area contributed by atoms with Crippen molar-refractivity contribution in [2.45, 2.75) is 19.3 Å². The molecule has 10 aromatic rings. The van der Waals surface area contributed by atoms with E-state index in [1.165, 1.54) is 82.8 Å². The molecule has 0 amide bonds. The molecule has 0 N–H and O–H groups in total. The van der Waals surface area contributed by atoms with Gasteiger partial charge in [0.15, 0.2) is 0 Å². The Morgan fingerprint density at radius 1 is 0.404 bits per heavy atom. The lowest BCUT2D eigenvalue weighted by Gasteiger charge is -2.29. The lowest BCUT2D eigenvalue weighted by atomic mass is 9.82. The second-order valence-corrected chi connectivity index (χ2v) is 15.7. The second kappa shape index (κ2) is 13.0. The van der Waals surface area contributed by atoms with E-state index in [-0.39, 0.29) is 5.41 Å². The summed E-state index contributed by atoms with van der Waals surface area (Å²) < 4.78 is 2.37. The third-order valence-corrected chi connectivity index (χ3v) is 12.2. The van der Waals surface area contributed by atoms with Gasteiger partial charge < -0.3 is 9.47 Å². The minimum atomic E-state index is -0.104. The van der Waals surface area contributed by atoms with E-state index in [1.807, 2.05) is 0 Å². The molecule has 11 rings (SSSR count). The van der Waals surface area contributed by atoms with Gasteiger partial charge in [-0.05, 0) is 104 Å². The van der Waals surface area contributed by atoms with Crippen LogP contribution in [0, 0.1) is 0 Å². The number of hydrogen-bond donors (Lipinski definition) is 0. The van der Waals surface area contributed by atoms with Crippen molar-refractivity contribution in [3.05, 3.63) is 217 Å². The summed E-state index contributed by atoms with van der Waals surface area (Å²) in [5, 5.41) is 5.05. The van der Waals surface area contributed by atoms with Crippen LogP contribution in [0.1, 0.15) is 25.0 Å². The van der Waals surface area contributed by atoms with E-state index in [4.69, 9.17) is 0 Å². The Morgan fingerprint density at radius 2 is 0.965 bits per heavy atom. The Labute approximate surface area is 333 Å². The highest BCUT2D eigenvalue weighted by molar-refractivity contribution is 6.09. The molecule has 1 aliphatic rings. The zero-order chi connectivity index (χ0) is 38.1. The van der Waals surface area contributed by atoms with Crippen molar-refractivity contribution in [1.82, 2.24) is 4.57 Å². The zero-order valence-corrected chi connectivity index (χ0v) is 32.0. The van der Waals surface area contributed by atoms with Crippen molar-refractivity contribution in [3.8, 4) is 39.1 Å². The maximum Gasteiger partial charge on any atom is 0.0543 e. The summed E-state index contributed by atoms with van der Waals surface area (Å²) in [5.74, 6) is 0. The lowest BCUT2D eigenvalue weighted by Crippen LogP contribution is -2.16. The number of anilines is 3. The first-order chi connectivity index (χ1) is 28.0. The summed E-state index contributed by atoms with van der Waals surface area (Å²) in [7, 11) is 0. The van der Waals surface area contributed by atoms with Crippen LogP contribution in [0.2, 0.25) is 0 Å². The average molecular weight is 729 g/mol. The fourth-order valence-corrected chi connectivity index (χ4v) is 9.45. The van der Waals surface area contributed by atoms with Crippen molar-refractivity contribution >= 4 is 49.6 Å². The van der Waals surface area contributed by atoms with E-state index >= 15 is 0 Å². The summed E-state index contributed by atoms with van der Waals surface area (Å²) in [5.41, 5.74) is 17.1. The molecule has 9 aromatic carbocycles. The molecular formula is C55H40N2. The van der Waals surface area contributed by atoms with Crippen molar-refractivity contribution in [1.29, 1.82) is 0 Å². The summed E-state index contributed by atoms with van der Waals surface area (Å²) in [6.07, 6.45) is 0. The predicted octanol–water partition coefficient (Wildman–Crippen LogP) is 15.0. The van der Waals surface area contributed by atoms with Gasteiger partial charge >= 0.3 is 0 Å². The highest BCUT2D eigenvalue weighted by atomic mass is 15.1. The topological polar surface area (TPSA) is 8.17 Å². The van der Waals surface area contributed by atoms with E-state index in [1.54, 1.807) is 0 Å². The molecular weight excluding hydrogens is 689 g/mol. The van der Waals surface area contributed by atoms with Gasteiger partial charge in [0.2, 0.25) is 0 Å². The van der Waals surface area contributed by atoms with Gasteiger partial charge in [0, 0.05) is 38.8 Å². The normalized spacial score (nSPS) is 12.9. The molecule has 0 spiro atoms. The number of para-hydroxylation sites is 2. The number of aromatic nitrogens is 1. The summed E-state index contributed by atoms with van der Waals surface area (Å²) in [4.78, 5) is 2.46. The minimum Gasteiger partial charge on any atom is -0.310 e. The van der Waals surface area contributed by atoms with Crippen molar-refractivity contribution in [2.24, 2.45) is 0 Å². The summed E-state index contributed by atoms with van der Waals surface area (Å²) >= 11 is 0. The third-order valence-electron chi connectivity index (χ3n) is 12.2. The smallest absolute Gasteiger partial charge is 0.0543 e. The molecule has 0 fully saturated rings. The number of nitrogens with zero attached hydrogens (tertiary/aromatic N) is 2. The van der Waals surface area contributed by atoms with E-state index in [9.17, 15) is 0 Å². The quantitative estimate of drug-likeness (QED) is 0.165. The van der Waals surface area contributed by atoms with Crippen molar-refractivity contribution in [2.75, 3.05) is 4.90 Å². The molecule has 1 heterocycles. The van der Waals surface area contributed by atoms with Crippen molar-refractivity contribution < 1.29 is 0 Å². The summed E-state index contributed by atoms with van der Waals surface area (Å²) in [6, 6.07) is 75.6. The molecule has 0 saturated heterocycles. The van der Waals surface area contributed by atoms with E-state index in [0.29, 0.717) is 0 Å². The fourth-order valence-electron chi connectivity index (χ4n) is 9.45. The molecule has 1 aliphatic carbocycles. The maximum absolute atomic E-state index is 2.46. The molecule has 0 radical (unpaired) electrons. The summed E-state index contributed by atoms with van der Waals surface area (Å²) in [6.45, 7) is 4.71. The van der Waals surface area contributed by atoms with E-state index in [0.717, 1.165) is 17.1 Å². The van der Waals surface area contributed by atoms with Gasteiger partial charge in [-0.3, -0.25) is 0 Å². The van der Waals surface area contributed by atoms with Crippen LogP contribution in [0.4, 0.5) is 17.1 Å². The van der Waals surface area contributed by atoms with Gasteiger partial charge in [0.05, 0.1) is 16.7 Å². The standard InChI is InChI=1S/C55H40N2/c1-55(2)49-23-8-5-21-48(49)54-50(55)24-13-27-53(54)56(43-17-11-16-40(36-43)45-22-12-15-39-14-3-4-18-44(39)45)41-32-28-37(29-33-41)38-30-34-42(35-31-38)57-51-25-9-6-19-46(51)47-20-7-10-26-52(47)57/h3-36H,1-2H3. The number of rotatable bonds is 6. The molecule has 0 unspecified atom stereocenters. The molecule has 0 bridgehead atoms. The van der Waals surface area contributed by atoms with E-state index < -0.39 is 0 Å². The van der Waals surface area contributed by atoms with Gasteiger partial charge in [-0.1, -0.05) is 166 Å². The molecule has 2 nitrogen and oxygen atoms in total. The third kappa shape index (κ3) is 5.25. The first-order valence-corrected chi connectivity index (χ1v) is 19.9. The molecule has 0 saturated carbocycles. The Morgan fingerprint density at radius 3 is 1.72 bits per heavy atom. The first-order valence-electron chi connectivity index (χ1n) is 19.9. The fraction of sp³-hybridized carbons (Fsp3) is 0.0545. The van der Waals surface area contributed by atoms with Crippen LogP contribution < -0.4 is 4.90 Å². The first kappa shape index (κ1) is 33.2. The maximum atomic E-state index is 2.46. The Bertz CT molecular complexity index is 3090. The SMILES string of the molecule is CC1(C)c2ccccc2-c2c(N(c3ccc(-c4ccc(-n5c6ccccc6c6ccccc65)cc4)cc3)c3cccc(-c4cccc5ccccc45)c3)cccc21. The Kier molecular flexibility index (Phi) is 7.55. The Balaban J connectivity index is 1.03. The van der Waals surface area contributed by atoms with Crippen LogP contribution in [0.15, 0.2) is 206 Å². The number of hydrogen-bond acceptors (Lipinski definition) is 1. The predicted molar refractivity (Wildman–Crippen MR) is 241 cm³/mol. The van der Waals surface area contributed by atoms with Gasteiger partial charge in [-0.15, -0.1) is 0 Å². The average Bonchev–Trinajstić information content (AvgIpc) is 3.73. The molecule has 270 valence electrons. The van der Waals surface area contributed by atoms with Crippen LogP contribution in [0.25, 0.3) is 71.6 Å². The molecule has 57 heavy (non-hydrogen) atoms. The number of fused-ring (bicyclic) bond motifs is 7. The Hall–Kier alpha value is -7.16. The van der Waals surface area contributed by atoms with Gasteiger partial charge in [0.25, 0.3) is 0 Å². The van der Waals surface area contributed by atoms with E-state index in [2.05, 4.69) is 230 Å². The largest absolute Gasteiger partial charge is 0.310 e. The van der Waals surface area contributed by atoms with Crippen LogP contribution in [-0.4, -0.2) is 4.57 Å². The lowest BCUT2D eigenvalue weighted by molar-refractivity contribution is 0.660. The van der Waals surface area contributed by atoms with Gasteiger partial charge in [0.1, 0.15) is 0 Å². The minimum absolute atomic E-state index is 0.104. The van der Waals surface area contributed by atoms with Gasteiger partial charge in [-0.2, -0.15) is 0 Å². The molecule has 1 aromatic heterocycles. The van der Waals surface area contributed by atoms with Crippen molar-refractivity contribution in [3.63, 3.8) is 0 Å². The highest BCUT2D eigenvalue weighted by Crippen LogP contribution is 2.54. The monoisotopic (exact) mass is 728 g/mol. The van der Waals surface area contributed by atoms with Gasteiger partial charge in [-0.25, -0.2) is 0 Å². The molecule has 2 heteroatoms. The second-order valence-electron chi connectivity index (χ2n) is 15.7. The highest BCUT2D eigenvalue weighted by Gasteiger charge is 2.37.